The van der Waals surface area contributed by atoms with Crippen LogP contribution >= 0.6 is 0 Å². The van der Waals surface area contributed by atoms with Gasteiger partial charge in [0.2, 0.25) is 0 Å². The zero-order valence-electron chi connectivity index (χ0n) is 8.06. The first kappa shape index (κ1) is 11.6. The molecule has 0 bridgehead atoms. The van der Waals surface area contributed by atoms with Crippen molar-refractivity contribution in [2.24, 2.45) is 0 Å². The lowest BCUT2D eigenvalue weighted by Crippen LogP contribution is -2.13. The normalized spacial score (nSPS) is 11.5. The number of ketones is 1. The Morgan fingerprint density at radius 1 is 1.40 bits per heavy atom. The summed E-state index contributed by atoms with van der Waals surface area (Å²) in [4.78, 5) is 11.3. The predicted molar refractivity (Wildman–Crippen MR) is 50.5 cm³/mol. The molecule has 82 valence electrons. The number of alkyl halides is 3. The maximum Gasteiger partial charge on any atom is 0.417 e. The van der Waals surface area contributed by atoms with Crippen LogP contribution in [0.5, 0.6) is 0 Å². The molecule has 0 saturated heterocycles. The van der Waals surface area contributed by atoms with Crippen molar-refractivity contribution in [1.82, 2.24) is 0 Å². The molecule has 1 aromatic carbocycles. The van der Waals surface area contributed by atoms with Gasteiger partial charge < -0.3 is 5.73 Å². The fraction of sp³-hybridized carbons (Fsp3) is 0.300. The highest BCUT2D eigenvalue weighted by molar-refractivity contribution is 5.97. The molecule has 0 amide bonds. The maximum absolute atomic E-state index is 12.5. The van der Waals surface area contributed by atoms with Crippen molar-refractivity contribution < 1.29 is 18.0 Å². The molecule has 2 N–H and O–H groups in total. The monoisotopic (exact) mass is 217 g/mol. The maximum atomic E-state index is 12.5. The summed E-state index contributed by atoms with van der Waals surface area (Å²) >= 11 is 0. The number of nitrogen functional groups attached to an aromatic ring is 1. The third-order valence-electron chi connectivity index (χ3n) is 1.97. The molecule has 0 saturated carbocycles. The Balaban J connectivity index is 3.33. The lowest BCUT2D eigenvalue weighted by Gasteiger charge is -2.12. The Hall–Kier alpha value is -1.52. The van der Waals surface area contributed by atoms with E-state index < -0.39 is 17.5 Å². The van der Waals surface area contributed by atoms with E-state index >= 15 is 0 Å². The molecule has 15 heavy (non-hydrogen) atoms. The van der Waals surface area contributed by atoms with Crippen LogP contribution in [0.1, 0.15) is 29.3 Å². The van der Waals surface area contributed by atoms with E-state index in [0.29, 0.717) is 0 Å². The van der Waals surface area contributed by atoms with Gasteiger partial charge in [0.15, 0.2) is 5.78 Å². The molecule has 0 atom stereocenters. The average Bonchev–Trinajstić information content (AvgIpc) is 2.15. The molecule has 0 fully saturated rings. The SMILES string of the molecule is CCC(=O)c1ccc(N)cc1C(F)(F)F. The predicted octanol–water partition coefficient (Wildman–Crippen LogP) is 2.88. The van der Waals surface area contributed by atoms with Gasteiger partial charge in [-0.1, -0.05) is 6.92 Å². The number of rotatable bonds is 2. The van der Waals surface area contributed by atoms with Crippen molar-refractivity contribution in [3.05, 3.63) is 29.3 Å². The molecule has 0 aliphatic heterocycles. The minimum Gasteiger partial charge on any atom is -0.399 e. The third kappa shape index (κ3) is 2.49. The molecule has 1 rings (SSSR count). The summed E-state index contributed by atoms with van der Waals surface area (Å²) in [7, 11) is 0. The van der Waals surface area contributed by atoms with E-state index in [9.17, 15) is 18.0 Å². The van der Waals surface area contributed by atoms with Gasteiger partial charge in [0.05, 0.1) is 5.56 Å². The van der Waals surface area contributed by atoms with Crippen LogP contribution in [0.15, 0.2) is 18.2 Å². The molecular weight excluding hydrogens is 207 g/mol. The molecule has 2 nitrogen and oxygen atoms in total. The number of benzene rings is 1. The van der Waals surface area contributed by atoms with Gasteiger partial charge in [-0.3, -0.25) is 4.79 Å². The van der Waals surface area contributed by atoms with Crippen LogP contribution in [0.3, 0.4) is 0 Å². The van der Waals surface area contributed by atoms with Crippen LogP contribution < -0.4 is 5.73 Å². The Labute approximate surface area is 84.9 Å². The van der Waals surface area contributed by atoms with Gasteiger partial charge in [-0.2, -0.15) is 13.2 Å². The van der Waals surface area contributed by atoms with Gasteiger partial charge in [-0.05, 0) is 18.2 Å². The molecule has 0 spiro atoms. The zero-order chi connectivity index (χ0) is 11.6. The Kier molecular flexibility index (Phi) is 3.02. The van der Waals surface area contributed by atoms with Crippen LogP contribution in [0.25, 0.3) is 0 Å². The van der Waals surface area contributed by atoms with E-state index in [4.69, 9.17) is 5.73 Å². The smallest absolute Gasteiger partial charge is 0.399 e. The van der Waals surface area contributed by atoms with Gasteiger partial charge in [-0.15, -0.1) is 0 Å². The first-order valence-electron chi connectivity index (χ1n) is 4.36. The van der Waals surface area contributed by atoms with E-state index in [2.05, 4.69) is 0 Å². The second-order valence-corrected chi connectivity index (χ2v) is 3.08. The molecule has 0 unspecified atom stereocenters. The third-order valence-corrected chi connectivity index (χ3v) is 1.97. The molecular formula is C10H10F3NO. The van der Waals surface area contributed by atoms with Crippen LogP contribution in [0.2, 0.25) is 0 Å². The largest absolute Gasteiger partial charge is 0.417 e. The van der Waals surface area contributed by atoms with Gasteiger partial charge >= 0.3 is 6.18 Å². The Morgan fingerprint density at radius 3 is 2.47 bits per heavy atom. The van der Waals surface area contributed by atoms with Crippen LogP contribution in [-0.2, 0) is 6.18 Å². The van der Waals surface area contributed by atoms with Crippen LogP contribution in [0, 0.1) is 0 Å². The number of carbonyl (C=O) groups is 1. The number of hydrogen-bond donors (Lipinski definition) is 1. The Bertz CT molecular complexity index is 385. The van der Waals surface area contributed by atoms with E-state index in [-0.39, 0.29) is 17.7 Å². The lowest BCUT2D eigenvalue weighted by molar-refractivity contribution is -0.137. The van der Waals surface area contributed by atoms with Crippen molar-refractivity contribution in [3.8, 4) is 0 Å². The first-order valence-corrected chi connectivity index (χ1v) is 4.36. The molecule has 0 aliphatic carbocycles. The molecule has 0 radical (unpaired) electrons. The summed E-state index contributed by atoms with van der Waals surface area (Å²) < 4.78 is 37.6. The number of anilines is 1. The summed E-state index contributed by atoms with van der Waals surface area (Å²) in [5, 5.41) is 0. The minimum absolute atomic E-state index is 0.00465. The number of nitrogens with two attached hydrogens (primary N) is 1. The van der Waals surface area contributed by atoms with Gasteiger partial charge in [0.25, 0.3) is 0 Å². The highest BCUT2D eigenvalue weighted by Crippen LogP contribution is 2.33. The molecule has 0 aromatic heterocycles. The van der Waals surface area contributed by atoms with E-state index in [1.54, 1.807) is 0 Å². The minimum atomic E-state index is -4.55. The summed E-state index contributed by atoms with van der Waals surface area (Å²) in [5.74, 6) is -0.540. The highest BCUT2D eigenvalue weighted by atomic mass is 19.4. The van der Waals surface area contributed by atoms with Gasteiger partial charge in [0, 0.05) is 17.7 Å². The van der Waals surface area contributed by atoms with Crippen LogP contribution in [-0.4, -0.2) is 5.78 Å². The van der Waals surface area contributed by atoms with Crippen LogP contribution in [0.4, 0.5) is 18.9 Å². The van der Waals surface area contributed by atoms with Crippen molar-refractivity contribution in [3.63, 3.8) is 0 Å². The second-order valence-electron chi connectivity index (χ2n) is 3.08. The zero-order valence-corrected chi connectivity index (χ0v) is 8.06. The quantitative estimate of drug-likeness (QED) is 0.611. The number of carbonyl (C=O) groups excluding carboxylic acids is 1. The standard InChI is InChI=1S/C10H10F3NO/c1-2-9(15)7-4-3-6(14)5-8(7)10(11,12)13/h3-5H,2,14H2,1H3. The van der Waals surface area contributed by atoms with E-state index in [1.165, 1.54) is 13.0 Å². The summed E-state index contributed by atoms with van der Waals surface area (Å²) in [5.41, 5.74) is 3.97. The van der Waals surface area contributed by atoms with Gasteiger partial charge in [0.1, 0.15) is 0 Å². The number of Topliss-reactive ketones (excluding diaryl/α,β-unsaturated/α-hetero) is 1. The summed E-state index contributed by atoms with van der Waals surface area (Å²) in [6.07, 6.45) is -4.51. The topological polar surface area (TPSA) is 43.1 Å². The number of hydrogen-bond acceptors (Lipinski definition) is 2. The number of halogens is 3. The fourth-order valence-electron chi connectivity index (χ4n) is 1.23. The molecule has 1 aromatic rings. The highest BCUT2D eigenvalue weighted by Gasteiger charge is 2.34. The van der Waals surface area contributed by atoms with Crippen molar-refractivity contribution >= 4 is 11.5 Å². The average molecular weight is 217 g/mol. The van der Waals surface area contributed by atoms with E-state index in [1.807, 2.05) is 0 Å². The first-order chi connectivity index (χ1) is 6.86. The fourth-order valence-corrected chi connectivity index (χ4v) is 1.23. The van der Waals surface area contributed by atoms with Gasteiger partial charge in [-0.25, -0.2) is 0 Å². The summed E-state index contributed by atoms with van der Waals surface area (Å²) in [6, 6.07) is 3.19. The molecule has 0 heterocycles. The van der Waals surface area contributed by atoms with Crippen molar-refractivity contribution in [1.29, 1.82) is 0 Å². The molecule has 0 aliphatic rings. The van der Waals surface area contributed by atoms with Crippen molar-refractivity contribution in [2.45, 2.75) is 19.5 Å². The summed E-state index contributed by atoms with van der Waals surface area (Å²) in [6.45, 7) is 1.51. The van der Waals surface area contributed by atoms with E-state index in [0.717, 1.165) is 12.1 Å². The lowest BCUT2D eigenvalue weighted by atomic mass is 10.0. The van der Waals surface area contributed by atoms with Crippen molar-refractivity contribution in [2.75, 3.05) is 5.73 Å². The second kappa shape index (κ2) is 3.92. The molecule has 5 heteroatoms. The Morgan fingerprint density at radius 2 is 2.00 bits per heavy atom.